The van der Waals surface area contributed by atoms with Gasteiger partial charge in [-0.05, 0) is 37.3 Å². The molecule has 114 valence electrons. The fourth-order valence-corrected chi connectivity index (χ4v) is 3.36. The SMILES string of the molecule is C#CCn1c(=NC(=O)c2cccc(C)c2)sc2cc(F)ccc21. The minimum Gasteiger partial charge on any atom is -0.305 e. The minimum absolute atomic E-state index is 0.269. The number of fused-ring (bicyclic) bond motifs is 1. The molecular weight excluding hydrogens is 311 g/mol. The maximum absolute atomic E-state index is 13.4. The van der Waals surface area contributed by atoms with Crippen molar-refractivity contribution in [3.63, 3.8) is 0 Å². The van der Waals surface area contributed by atoms with Crippen LogP contribution < -0.4 is 4.80 Å². The van der Waals surface area contributed by atoms with Crippen LogP contribution in [0.5, 0.6) is 0 Å². The lowest BCUT2D eigenvalue weighted by atomic mass is 10.1. The molecule has 1 aromatic heterocycles. The number of rotatable bonds is 2. The Morgan fingerprint density at radius 1 is 1.35 bits per heavy atom. The van der Waals surface area contributed by atoms with Gasteiger partial charge in [0, 0.05) is 5.56 Å². The molecule has 0 saturated heterocycles. The van der Waals surface area contributed by atoms with Gasteiger partial charge in [0.1, 0.15) is 5.82 Å². The first-order valence-corrected chi connectivity index (χ1v) is 7.78. The molecule has 0 aliphatic heterocycles. The highest BCUT2D eigenvalue weighted by Crippen LogP contribution is 2.18. The molecule has 5 heteroatoms. The van der Waals surface area contributed by atoms with Gasteiger partial charge in [-0.25, -0.2) is 4.39 Å². The molecule has 1 heterocycles. The summed E-state index contributed by atoms with van der Waals surface area (Å²) in [5.41, 5.74) is 2.27. The Hall–Kier alpha value is -2.71. The van der Waals surface area contributed by atoms with Gasteiger partial charge in [-0.3, -0.25) is 4.79 Å². The lowest BCUT2D eigenvalue weighted by Gasteiger charge is -2.00. The highest BCUT2D eigenvalue weighted by Gasteiger charge is 2.09. The number of aromatic nitrogens is 1. The maximum atomic E-state index is 13.4. The van der Waals surface area contributed by atoms with Crippen molar-refractivity contribution in [2.75, 3.05) is 0 Å². The van der Waals surface area contributed by atoms with Crippen molar-refractivity contribution in [3.05, 3.63) is 64.2 Å². The molecule has 0 aliphatic carbocycles. The third-order valence-electron chi connectivity index (χ3n) is 3.36. The van der Waals surface area contributed by atoms with Crippen LogP contribution in [0.1, 0.15) is 15.9 Å². The smallest absolute Gasteiger partial charge is 0.279 e. The predicted octanol–water partition coefficient (Wildman–Crippen LogP) is 3.52. The maximum Gasteiger partial charge on any atom is 0.279 e. The number of amides is 1. The molecule has 0 spiro atoms. The summed E-state index contributed by atoms with van der Waals surface area (Å²) in [5, 5.41) is 0. The van der Waals surface area contributed by atoms with Crippen LogP contribution in [-0.4, -0.2) is 10.5 Å². The van der Waals surface area contributed by atoms with Crippen LogP contribution in [-0.2, 0) is 6.54 Å². The van der Waals surface area contributed by atoms with Crippen LogP contribution in [0, 0.1) is 25.1 Å². The Morgan fingerprint density at radius 3 is 2.91 bits per heavy atom. The van der Waals surface area contributed by atoms with E-state index < -0.39 is 0 Å². The summed E-state index contributed by atoms with van der Waals surface area (Å²) < 4.78 is 15.8. The van der Waals surface area contributed by atoms with Gasteiger partial charge in [0.15, 0.2) is 4.80 Å². The number of halogens is 1. The van der Waals surface area contributed by atoms with Crippen molar-refractivity contribution >= 4 is 27.5 Å². The van der Waals surface area contributed by atoms with Crippen LogP contribution in [0.3, 0.4) is 0 Å². The molecule has 0 fully saturated rings. The Labute approximate surface area is 136 Å². The second-order valence-corrected chi connectivity index (χ2v) is 6.08. The van der Waals surface area contributed by atoms with Crippen LogP contribution in [0.2, 0.25) is 0 Å². The van der Waals surface area contributed by atoms with Gasteiger partial charge in [0.25, 0.3) is 5.91 Å². The van der Waals surface area contributed by atoms with Crippen molar-refractivity contribution in [2.45, 2.75) is 13.5 Å². The van der Waals surface area contributed by atoms with Crippen LogP contribution in [0.4, 0.5) is 4.39 Å². The zero-order valence-electron chi connectivity index (χ0n) is 12.4. The van der Waals surface area contributed by atoms with E-state index in [4.69, 9.17) is 6.42 Å². The van der Waals surface area contributed by atoms with Gasteiger partial charge >= 0.3 is 0 Å². The number of carbonyl (C=O) groups excluding carboxylic acids is 1. The molecule has 3 nitrogen and oxygen atoms in total. The molecule has 23 heavy (non-hydrogen) atoms. The molecule has 0 atom stereocenters. The van der Waals surface area contributed by atoms with Crippen molar-refractivity contribution in [2.24, 2.45) is 4.99 Å². The van der Waals surface area contributed by atoms with Gasteiger partial charge in [-0.2, -0.15) is 4.99 Å². The van der Waals surface area contributed by atoms with E-state index in [0.717, 1.165) is 11.1 Å². The van der Waals surface area contributed by atoms with Crippen LogP contribution >= 0.6 is 11.3 Å². The fourth-order valence-electron chi connectivity index (χ4n) is 2.31. The quantitative estimate of drug-likeness (QED) is 0.664. The number of hydrogen-bond donors (Lipinski definition) is 0. The second-order valence-electron chi connectivity index (χ2n) is 5.07. The van der Waals surface area contributed by atoms with E-state index in [1.165, 1.54) is 23.5 Å². The Balaban J connectivity index is 2.16. The number of carbonyl (C=O) groups is 1. The zero-order chi connectivity index (χ0) is 16.4. The largest absolute Gasteiger partial charge is 0.305 e. The summed E-state index contributed by atoms with van der Waals surface area (Å²) in [6, 6.07) is 11.7. The summed E-state index contributed by atoms with van der Waals surface area (Å²) in [4.78, 5) is 17.0. The fraction of sp³-hybridized carbons (Fsp3) is 0.111. The van der Waals surface area contributed by atoms with Crippen molar-refractivity contribution in [1.82, 2.24) is 4.57 Å². The van der Waals surface area contributed by atoms with E-state index in [1.54, 1.807) is 22.8 Å². The van der Waals surface area contributed by atoms with E-state index in [-0.39, 0.29) is 18.3 Å². The number of aryl methyl sites for hydroxylation is 1. The third kappa shape index (κ3) is 3.08. The van der Waals surface area contributed by atoms with E-state index in [0.29, 0.717) is 15.1 Å². The lowest BCUT2D eigenvalue weighted by Crippen LogP contribution is -2.16. The summed E-state index contributed by atoms with van der Waals surface area (Å²) >= 11 is 1.25. The standard InChI is InChI=1S/C18H13FN2OS/c1-3-9-21-15-8-7-14(19)11-16(15)23-18(21)20-17(22)13-6-4-5-12(2)10-13/h1,4-8,10-11H,9H2,2H3. The first-order valence-electron chi connectivity index (χ1n) is 6.96. The number of thiazole rings is 1. The molecule has 0 N–H and O–H groups in total. The topological polar surface area (TPSA) is 34.4 Å². The molecule has 1 amide bonds. The first kappa shape index (κ1) is 15.2. The van der Waals surface area contributed by atoms with Gasteiger partial charge in [0.2, 0.25) is 0 Å². The molecule has 0 radical (unpaired) electrons. The van der Waals surface area contributed by atoms with Gasteiger partial charge in [-0.1, -0.05) is 35.0 Å². The summed E-state index contributed by atoms with van der Waals surface area (Å²) in [6.07, 6.45) is 5.40. The summed E-state index contributed by atoms with van der Waals surface area (Å²) in [6.45, 7) is 2.18. The molecule has 0 saturated carbocycles. The van der Waals surface area contributed by atoms with Crippen LogP contribution in [0.25, 0.3) is 10.2 Å². The Bertz CT molecular complexity index is 1010. The van der Waals surface area contributed by atoms with Gasteiger partial charge < -0.3 is 4.57 Å². The van der Waals surface area contributed by atoms with Gasteiger partial charge in [-0.15, -0.1) is 6.42 Å². The Morgan fingerprint density at radius 2 is 2.17 bits per heavy atom. The first-order chi connectivity index (χ1) is 11.1. The Kier molecular flexibility index (Phi) is 4.09. The zero-order valence-corrected chi connectivity index (χ0v) is 13.2. The molecule has 2 aromatic carbocycles. The second kappa shape index (κ2) is 6.19. The monoisotopic (exact) mass is 324 g/mol. The normalized spacial score (nSPS) is 11.6. The number of benzene rings is 2. The molecule has 0 unspecified atom stereocenters. The predicted molar refractivity (Wildman–Crippen MR) is 89.7 cm³/mol. The molecule has 0 bridgehead atoms. The molecule has 0 aliphatic rings. The lowest BCUT2D eigenvalue weighted by molar-refractivity contribution is 0.0998. The average molecular weight is 324 g/mol. The molecule has 3 aromatic rings. The van der Waals surface area contributed by atoms with Gasteiger partial charge in [0.05, 0.1) is 16.8 Å². The number of terminal acetylenes is 1. The van der Waals surface area contributed by atoms with Crippen LogP contribution in [0.15, 0.2) is 47.5 Å². The van der Waals surface area contributed by atoms with E-state index in [1.807, 2.05) is 19.1 Å². The number of hydrogen-bond acceptors (Lipinski definition) is 2. The number of nitrogens with zero attached hydrogens (tertiary/aromatic N) is 2. The molecular formula is C18H13FN2OS. The minimum atomic E-state index is -0.341. The summed E-state index contributed by atoms with van der Waals surface area (Å²) in [7, 11) is 0. The van der Waals surface area contributed by atoms with E-state index in [9.17, 15) is 9.18 Å². The highest BCUT2D eigenvalue weighted by atomic mass is 32.1. The third-order valence-corrected chi connectivity index (χ3v) is 4.40. The van der Waals surface area contributed by atoms with E-state index in [2.05, 4.69) is 10.9 Å². The molecule has 3 rings (SSSR count). The van der Waals surface area contributed by atoms with Crippen molar-refractivity contribution < 1.29 is 9.18 Å². The summed E-state index contributed by atoms with van der Waals surface area (Å²) in [5.74, 6) is 1.87. The van der Waals surface area contributed by atoms with E-state index >= 15 is 0 Å². The average Bonchev–Trinajstić information content (AvgIpc) is 2.84. The highest BCUT2D eigenvalue weighted by molar-refractivity contribution is 7.16. The van der Waals surface area contributed by atoms with Crippen molar-refractivity contribution in [3.8, 4) is 12.3 Å². The van der Waals surface area contributed by atoms with Crippen molar-refractivity contribution in [1.29, 1.82) is 0 Å².